The molecule has 0 fully saturated rings. The highest BCUT2D eigenvalue weighted by molar-refractivity contribution is 7.89. The van der Waals surface area contributed by atoms with Crippen molar-refractivity contribution in [1.82, 2.24) is 4.72 Å². The lowest BCUT2D eigenvalue weighted by molar-refractivity contribution is -0.143. The van der Waals surface area contributed by atoms with Gasteiger partial charge in [0.25, 0.3) is 0 Å². The van der Waals surface area contributed by atoms with Crippen LogP contribution in [0.15, 0.2) is 83.8 Å². The highest BCUT2D eigenvalue weighted by Crippen LogP contribution is 2.37. The molecule has 0 aliphatic carbocycles. The van der Waals surface area contributed by atoms with Gasteiger partial charge in [-0.05, 0) is 29.3 Å². The standard InChI is InChI=1S/C22H17F6NO2S/c23-21(24,25)17-11-18(22(26,27)28)13-19(12-17)32(30,31)29-14-20(15-7-3-1-4-8-15)16-9-5-2-6-10-16/h1-13,20,29H,14H2. The summed E-state index contributed by atoms with van der Waals surface area (Å²) in [6.45, 7) is -0.270. The fourth-order valence-corrected chi connectivity index (χ4v) is 4.27. The lowest BCUT2D eigenvalue weighted by Gasteiger charge is -2.20. The van der Waals surface area contributed by atoms with Gasteiger partial charge < -0.3 is 0 Å². The van der Waals surface area contributed by atoms with Crippen LogP contribution >= 0.6 is 0 Å². The van der Waals surface area contributed by atoms with Crippen LogP contribution in [0.4, 0.5) is 26.3 Å². The summed E-state index contributed by atoms with van der Waals surface area (Å²) in [7, 11) is -4.69. The summed E-state index contributed by atoms with van der Waals surface area (Å²) in [6, 6.07) is 17.7. The molecule has 0 aliphatic rings. The minimum atomic E-state index is -5.15. The van der Waals surface area contributed by atoms with Gasteiger partial charge in [0.05, 0.1) is 16.0 Å². The topological polar surface area (TPSA) is 46.2 Å². The van der Waals surface area contributed by atoms with Crippen molar-refractivity contribution >= 4 is 10.0 Å². The quantitative estimate of drug-likeness (QED) is 0.458. The molecular weight excluding hydrogens is 456 g/mol. The average molecular weight is 473 g/mol. The van der Waals surface area contributed by atoms with E-state index < -0.39 is 44.3 Å². The molecule has 0 unspecified atom stereocenters. The lowest BCUT2D eigenvalue weighted by Crippen LogP contribution is -2.29. The van der Waals surface area contributed by atoms with E-state index in [4.69, 9.17) is 0 Å². The molecule has 0 saturated carbocycles. The maximum atomic E-state index is 13.1. The Morgan fingerprint density at radius 3 is 1.47 bits per heavy atom. The molecule has 170 valence electrons. The highest BCUT2D eigenvalue weighted by Gasteiger charge is 2.38. The van der Waals surface area contributed by atoms with Crippen molar-refractivity contribution in [3.8, 4) is 0 Å². The number of hydrogen-bond donors (Lipinski definition) is 1. The van der Waals surface area contributed by atoms with E-state index in [-0.39, 0.29) is 24.7 Å². The first-order chi connectivity index (χ1) is 14.9. The Morgan fingerprint density at radius 2 is 1.09 bits per heavy atom. The molecule has 32 heavy (non-hydrogen) atoms. The Labute approximate surface area is 180 Å². The Hall–Kier alpha value is -2.85. The fourth-order valence-electron chi connectivity index (χ4n) is 3.16. The number of rotatable bonds is 6. The van der Waals surface area contributed by atoms with Gasteiger partial charge in [-0.3, -0.25) is 0 Å². The second-order valence-electron chi connectivity index (χ2n) is 6.97. The van der Waals surface area contributed by atoms with Crippen molar-refractivity contribution < 1.29 is 34.8 Å². The van der Waals surface area contributed by atoms with E-state index in [1.165, 1.54) is 0 Å². The maximum absolute atomic E-state index is 13.1. The van der Waals surface area contributed by atoms with Crippen molar-refractivity contribution in [2.75, 3.05) is 6.54 Å². The molecule has 3 aromatic rings. The van der Waals surface area contributed by atoms with Gasteiger partial charge in [-0.15, -0.1) is 0 Å². The fraction of sp³-hybridized carbons (Fsp3) is 0.182. The molecule has 0 radical (unpaired) electrons. The monoisotopic (exact) mass is 473 g/mol. The molecule has 0 bridgehead atoms. The zero-order chi connectivity index (χ0) is 23.6. The number of hydrogen-bond acceptors (Lipinski definition) is 2. The van der Waals surface area contributed by atoms with Crippen LogP contribution in [0, 0.1) is 0 Å². The second-order valence-corrected chi connectivity index (χ2v) is 8.73. The predicted molar refractivity (Wildman–Crippen MR) is 106 cm³/mol. The van der Waals surface area contributed by atoms with Gasteiger partial charge in [-0.25, -0.2) is 13.1 Å². The van der Waals surface area contributed by atoms with Gasteiger partial charge in [-0.2, -0.15) is 26.3 Å². The Kier molecular flexibility index (Phi) is 6.66. The van der Waals surface area contributed by atoms with Crippen molar-refractivity contribution in [2.45, 2.75) is 23.2 Å². The van der Waals surface area contributed by atoms with Crippen molar-refractivity contribution in [1.29, 1.82) is 0 Å². The van der Waals surface area contributed by atoms with Gasteiger partial charge in [0.15, 0.2) is 0 Å². The van der Waals surface area contributed by atoms with E-state index in [0.29, 0.717) is 0 Å². The van der Waals surface area contributed by atoms with Crippen LogP contribution in [0.1, 0.15) is 28.2 Å². The lowest BCUT2D eigenvalue weighted by atomic mass is 9.92. The molecule has 0 aliphatic heterocycles. The summed E-state index contributed by atoms with van der Waals surface area (Å²) in [5.74, 6) is -0.514. The van der Waals surface area contributed by atoms with Crippen molar-refractivity contribution in [2.24, 2.45) is 0 Å². The molecule has 0 saturated heterocycles. The van der Waals surface area contributed by atoms with Crippen LogP contribution in [-0.2, 0) is 22.4 Å². The molecule has 0 heterocycles. The molecule has 1 N–H and O–H groups in total. The smallest absolute Gasteiger partial charge is 0.210 e. The number of halogens is 6. The molecule has 10 heteroatoms. The molecule has 3 nitrogen and oxygen atoms in total. The number of alkyl halides is 6. The zero-order valence-corrected chi connectivity index (χ0v) is 17.1. The van der Waals surface area contributed by atoms with Gasteiger partial charge in [-0.1, -0.05) is 60.7 Å². The summed E-state index contributed by atoms with van der Waals surface area (Å²) in [5.41, 5.74) is -1.95. The van der Waals surface area contributed by atoms with E-state index in [0.717, 1.165) is 11.1 Å². The van der Waals surface area contributed by atoms with Gasteiger partial charge in [0.2, 0.25) is 10.0 Å². The minimum absolute atomic E-state index is 0.115. The predicted octanol–water partition coefficient (Wildman–Crippen LogP) is 5.83. The Bertz CT molecular complexity index is 1090. The third-order valence-corrected chi connectivity index (χ3v) is 6.16. The Balaban J connectivity index is 1.97. The minimum Gasteiger partial charge on any atom is -0.210 e. The van der Waals surface area contributed by atoms with Crippen LogP contribution in [-0.4, -0.2) is 15.0 Å². The molecular formula is C22H17F6NO2S. The highest BCUT2D eigenvalue weighted by atomic mass is 32.2. The second kappa shape index (κ2) is 8.95. The van der Waals surface area contributed by atoms with E-state index in [1.54, 1.807) is 60.7 Å². The summed E-state index contributed by atoms with van der Waals surface area (Å²) in [5, 5.41) is 0. The SMILES string of the molecule is O=S(=O)(NCC(c1ccccc1)c1ccccc1)c1cc(C(F)(F)F)cc(C(F)(F)F)c1. The van der Waals surface area contributed by atoms with Crippen LogP contribution in [0.5, 0.6) is 0 Å². The largest absolute Gasteiger partial charge is 0.416 e. The first kappa shape index (κ1) is 23.8. The van der Waals surface area contributed by atoms with E-state index in [9.17, 15) is 34.8 Å². The molecule has 3 rings (SSSR count). The Morgan fingerprint density at radius 1 is 0.688 bits per heavy atom. The summed E-state index contributed by atoms with van der Waals surface area (Å²) in [6.07, 6.45) is -10.3. The van der Waals surface area contributed by atoms with Gasteiger partial charge in [0, 0.05) is 12.5 Å². The third-order valence-electron chi connectivity index (χ3n) is 4.75. The van der Waals surface area contributed by atoms with Gasteiger partial charge >= 0.3 is 12.4 Å². The van der Waals surface area contributed by atoms with E-state index in [1.807, 2.05) is 0 Å². The number of nitrogens with one attached hydrogen (secondary N) is 1. The van der Waals surface area contributed by atoms with Crippen LogP contribution in [0.3, 0.4) is 0 Å². The average Bonchev–Trinajstić information content (AvgIpc) is 2.74. The van der Waals surface area contributed by atoms with E-state index >= 15 is 0 Å². The van der Waals surface area contributed by atoms with Crippen molar-refractivity contribution in [3.63, 3.8) is 0 Å². The maximum Gasteiger partial charge on any atom is 0.416 e. The molecule has 3 aromatic carbocycles. The molecule has 0 atom stereocenters. The first-order valence-corrected chi connectivity index (χ1v) is 10.8. The van der Waals surface area contributed by atoms with E-state index in [2.05, 4.69) is 4.72 Å². The van der Waals surface area contributed by atoms with Crippen LogP contribution in [0.2, 0.25) is 0 Å². The molecule has 0 amide bonds. The van der Waals surface area contributed by atoms with Crippen LogP contribution < -0.4 is 4.72 Å². The summed E-state index contributed by atoms with van der Waals surface area (Å²) < 4.78 is 106. The first-order valence-electron chi connectivity index (χ1n) is 9.27. The zero-order valence-electron chi connectivity index (χ0n) is 16.3. The normalized spacial score (nSPS) is 12.8. The van der Waals surface area contributed by atoms with Crippen LogP contribution in [0.25, 0.3) is 0 Å². The summed E-state index contributed by atoms with van der Waals surface area (Å²) >= 11 is 0. The number of sulfonamides is 1. The summed E-state index contributed by atoms with van der Waals surface area (Å²) in [4.78, 5) is -1.11. The number of benzene rings is 3. The molecule has 0 spiro atoms. The molecule has 0 aromatic heterocycles. The van der Waals surface area contributed by atoms with Gasteiger partial charge in [0.1, 0.15) is 0 Å². The van der Waals surface area contributed by atoms with Crippen molar-refractivity contribution in [3.05, 3.63) is 101 Å². The third kappa shape index (κ3) is 5.68.